The summed E-state index contributed by atoms with van der Waals surface area (Å²) in [6.07, 6.45) is 0. The van der Waals surface area contributed by atoms with E-state index in [1.807, 2.05) is 19.9 Å². The molecule has 1 aromatic carbocycles. The number of nitrogens with zero attached hydrogens (tertiary/aromatic N) is 2. The summed E-state index contributed by atoms with van der Waals surface area (Å²) in [7, 11) is -1.69. The standard InChI is InChI=1S/C15H22N2O3S/c1-4-17(13(2)12-20-3)9-10-21(18,19)15-7-5-14(11-16)6-8-15/h5-8,13H,4,9-10,12H2,1-3H3. The zero-order valence-corrected chi connectivity index (χ0v) is 13.6. The molecule has 0 heterocycles. The van der Waals surface area contributed by atoms with Crippen LogP contribution in [0.2, 0.25) is 0 Å². The van der Waals surface area contributed by atoms with E-state index in [0.29, 0.717) is 18.7 Å². The third kappa shape index (κ3) is 5.12. The first-order valence-electron chi connectivity index (χ1n) is 6.90. The minimum Gasteiger partial charge on any atom is -0.383 e. The van der Waals surface area contributed by atoms with E-state index in [9.17, 15) is 8.42 Å². The number of ether oxygens (including phenoxy) is 1. The monoisotopic (exact) mass is 310 g/mol. The zero-order valence-electron chi connectivity index (χ0n) is 12.7. The Morgan fingerprint density at radius 3 is 2.43 bits per heavy atom. The quantitative estimate of drug-likeness (QED) is 0.731. The third-order valence-electron chi connectivity index (χ3n) is 3.43. The minimum atomic E-state index is -3.33. The fourth-order valence-corrected chi connectivity index (χ4v) is 3.39. The topological polar surface area (TPSA) is 70.4 Å². The van der Waals surface area contributed by atoms with E-state index in [2.05, 4.69) is 4.90 Å². The SMILES string of the molecule is CCN(CCS(=O)(=O)c1ccc(C#N)cc1)C(C)COC. The van der Waals surface area contributed by atoms with Crippen LogP contribution < -0.4 is 0 Å². The fourth-order valence-electron chi connectivity index (χ4n) is 2.13. The Labute approximate surface area is 127 Å². The molecule has 0 spiro atoms. The van der Waals surface area contributed by atoms with Crippen molar-refractivity contribution in [2.45, 2.75) is 24.8 Å². The molecule has 0 aliphatic heterocycles. The molecule has 0 N–H and O–H groups in total. The van der Waals surface area contributed by atoms with Gasteiger partial charge in [0.15, 0.2) is 9.84 Å². The highest BCUT2D eigenvalue weighted by atomic mass is 32.2. The largest absolute Gasteiger partial charge is 0.383 e. The van der Waals surface area contributed by atoms with Gasteiger partial charge in [-0.1, -0.05) is 6.92 Å². The summed E-state index contributed by atoms with van der Waals surface area (Å²) in [6, 6.07) is 8.18. The first-order chi connectivity index (χ1) is 9.94. The highest BCUT2D eigenvalue weighted by molar-refractivity contribution is 7.91. The Bertz CT molecular complexity index is 576. The molecular formula is C15H22N2O3S. The molecular weight excluding hydrogens is 288 g/mol. The van der Waals surface area contributed by atoms with Crippen LogP contribution in [0, 0.1) is 11.3 Å². The fraction of sp³-hybridized carbons (Fsp3) is 0.533. The van der Waals surface area contributed by atoms with Crippen LogP contribution in [-0.2, 0) is 14.6 Å². The lowest BCUT2D eigenvalue weighted by molar-refractivity contribution is 0.107. The van der Waals surface area contributed by atoms with Crippen LogP contribution in [0.5, 0.6) is 0 Å². The van der Waals surface area contributed by atoms with E-state index in [-0.39, 0.29) is 16.7 Å². The van der Waals surface area contributed by atoms with Gasteiger partial charge in [-0.3, -0.25) is 4.90 Å². The number of nitriles is 1. The summed E-state index contributed by atoms with van der Waals surface area (Å²) >= 11 is 0. The van der Waals surface area contributed by atoms with Crippen LogP contribution >= 0.6 is 0 Å². The summed E-state index contributed by atoms with van der Waals surface area (Å²) < 4.78 is 29.7. The van der Waals surface area contributed by atoms with Crippen molar-refractivity contribution in [3.63, 3.8) is 0 Å². The van der Waals surface area contributed by atoms with E-state index < -0.39 is 9.84 Å². The van der Waals surface area contributed by atoms with Crippen molar-refractivity contribution in [1.29, 1.82) is 5.26 Å². The summed E-state index contributed by atoms with van der Waals surface area (Å²) in [5.41, 5.74) is 0.456. The highest BCUT2D eigenvalue weighted by Gasteiger charge is 2.18. The van der Waals surface area contributed by atoms with Crippen LogP contribution in [0.1, 0.15) is 19.4 Å². The maximum Gasteiger partial charge on any atom is 0.179 e. The van der Waals surface area contributed by atoms with E-state index >= 15 is 0 Å². The molecule has 1 atom stereocenters. The molecule has 1 aromatic rings. The van der Waals surface area contributed by atoms with Crippen molar-refractivity contribution in [1.82, 2.24) is 4.90 Å². The number of rotatable bonds is 8. The van der Waals surface area contributed by atoms with Crippen molar-refractivity contribution in [2.75, 3.05) is 32.6 Å². The second-order valence-electron chi connectivity index (χ2n) is 4.89. The Balaban J connectivity index is 2.73. The second kappa shape index (κ2) is 8.13. The minimum absolute atomic E-state index is 0.0563. The first-order valence-corrected chi connectivity index (χ1v) is 8.55. The maximum atomic E-state index is 12.3. The molecule has 0 saturated carbocycles. The smallest absolute Gasteiger partial charge is 0.179 e. The Kier molecular flexibility index (Phi) is 6.82. The molecule has 0 aliphatic rings. The highest BCUT2D eigenvalue weighted by Crippen LogP contribution is 2.13. The molecule has 5 nitrogen and oxygen atoms in total. The number of hydrogen-bond donors (Lipinski definition) is 0. The van der Waals surface area contributed by atoms with Crippen LogP contribution in [0.3, 0.4) is 0 Å². The Morgan fingerprint density at radius 1 is 1.33 bits per heavy atom. The molecule has 0 amide bonds. The summed E-state index contributed by atoms with van der Waals surface area (Å²) in [5, 5.41) is 8.73. The van der Waals surface area contributed by atoms with E-state index in [1.54, 1.807) is 7.11 Å². The maximum absolute atomic E-state index is 12.3. The molecule has 0 aliphatic carbocycles. The summed E-state index contributed by atoms with van der Waals surface area (Å²) in [5.74, 6) is 0.0563. The van der Waals surface area contributed by atoms with Crippen molar-refractivity contribution < 1.29 is 13.2 Å². The molecule has 1 unspecified atom stereocenters. The molecule has 116 valence electrons. The van der Waals surface area contributed by atoms with Gasteiger partial charge >= 0.3 is 0 Å². The number of sulfone groups is 1. The van der Waals surface area contributed by atoms with Crippen LogP contribution in [0.15, 0.2) is 29.2 Å². The van der Waals surface area contributed by atoms with Gasteiger partial charge in [0, 0.05) is 19.7 Å². The van der Waals surface area contributed by atoms with Gasteiger partial charge in [0.05, 0.1) is 28.9 Å². The number of benzene rings is 1. The van der Waals surface area contributed by atoms with Crippen LogP contribution in [0.4, 0.5) is 0 Å². The third-order valence-corrected chi connectivity index (χ3v) is 5.14. The predicted octanol–water partition coefficient (Wildman–Crippen LogP) is 1.69. The average molecular weight is 310 g/mol. The first kappa shape index (κ1) is 17.6. The molecule has 0 radical (unpaired) electrons. The Morgan fingerprint density at radius 2 is 1.95 bits per heavy atom. The van der Waals surface area contributed by atoms with Gasteiger partial charge in [0.2, 0.25) is 0 Å². The van der Waals surface area contributed by atoms with E-state index in [4.69, 9.17) is 10.00 Å². The molecule has 0 saturated heterocycles. The lowest BCUT2D eigenvalue weighted by Gasteiger charge is -2.27. The number of methoxy groups -OCH3 is 1. The van der Waals surface area contributed by atoms with Gasteiger partial charge in [-0.2, -0.15) is 5.26 Å². The normalized spacial score (nSPS) is 13.1. The predicted molar refractivity (Wildman–Crippen MR) is 81.8 cm³/mol. The van der Waals surface area contributed by atoms with Crippen molar-refractivity contribution in [3.05, 3.63) is 29.8 Å². The summed E-state index contributed by atoms with van der Waals surface area (Å²) in [4.78, 5) is 2.34. The van der Waals surface area contributed by atoms with Crippen molar-refractivity contribution in [2.24, 2.45) is 0 Å². The molecule has 0 fully saturated rings. The second-order valence-corrected chi connectivity index (χ2v) is 7.00. The summed E-state index contributed by atoms with van der Waals surface area (Å²) in [6.45, 7) is 5.82. The van der Waals surface area contributed by atoms with Gasteiger partial charge in [-0.05, 0) is 37.7 Å². The average Bonchev–Trinajstić information content (AvgIpc) is 2.48. The lowest BCUT2D eigenvalue weighted by Crippen LogP contribution is -2.39. The molecule has 0 bridgehead atoms. The van der Waals surface area contributed by atoms with Crippen LogP contribution in [0.25, 0.3) is 0 Å². The number of hydrogen-bond acceptors (Lipinski definition) is 5. The Hall–Kier alpha value is -1.42. The van der Waals surface area contributed by atoms with Gasteiger partial charge in [0.25, 0.3) is 0 Å². The molecule has 0 aromatic heterocycles. The molecule has 21 heavy (non-hydrogen) atoms. The lowest BCUT2D eigenvalue weighted by atomic mass is 10.2. The number of likely N-dealkylation sites (N-methyl/N-ethyl adjacent to an activating group) is 1. The molecule has 1 rings (SSSR count). The van der Waals surface area contributed by atoms with Gasteiger partial charge in [0.1, 0.15) is 0 Å². The van der Waals surface area contributed by atoms with Crippen LogP contribution in [-0.4, -0.2) is 51.9 Å². The van der Waals surface area contributed by atoms with Gasteiger partial charge < -0.3 is 4.74 Å². The van der Waals surface area contributed by atoms with Gasteiger partial charge in [-0.25, -0.2) is 8.42 Å². The van der Waals surface area contributed by atoms with Gasteiger partial charge in [-0.15, -0.1) is 0 Å². The molecule has 6 heteroatoms. The van der Waals surface area contributed by atoms with E-state index in [0.717, 1.165) is 6.54 Å². The van der Waals surface area contributed by atoms with Crippen molar-refractivity contribution in [3.8, 4) is 6.07 Å². The van der Waals surface area contributed by atoms with E-state index in [1.165, 1.54) is 24.3 Å². The van der Waals surface area contributed by atoms with Crippen molar-refractivity contribution >= 4 is 9.84 Å². The zero-order chi connectivity index (χ0) is 15.9.